The van der Waals surface area contributed by atoms with Crippen LogP contribution in [-0.2, 0) is 4.79 Å². The first-order valence-corrected chi connectivity index (χ1v) is 7.06. The van der Waals surface area contributed by atoms with Crippen molar-refractivity contribution < 1.29 is 4.79 Å². The zero-order valence-corrected chi connectivity index (χ0v) is 12.4. The molecule has 0 atom stereocenters. The van der Waals surface area contributed by atoms with E-state index < -0.39 is 0 Å². The number of nitrogens with two attached hydrogens (primary N) is 1. The van der Waals surface area contributed by atoms with Gasteiger partial charge >= 0.3 is 0 Å². The summed E-state index contributed by atoms with van der Waals surface area (Å²) >= 11 is 0. The van der Waals surface area contributed by atoms with Crippen molar-refractivity contribution in [2.45, 2.75) is 13.8 Å². The SMILES string of the molecule is CC(C)C(=O)Nc1ccc(-c2ccc3nc(N)nn3c2)cc1. The second-order valence-corrected chi connectivity index (χ2v) is 5.41. The zero-order chi connectivity index (χ0) is 15.7. The molecule has 0 aliphatic carbocycles. The Morgan fingerprint density at radius 1 is 1.14 bits per heavy atom. The third-order valence-electron chi connectivity index (χ3n) is 3.36. The highest BCUT2D eigenvalue weighted by Gasteiger charge is 2.07. The summed E-state index contributed by atoms with van der Waals surface area (Å²) < 4.78 is 1.65. The van der Waals surface area contributed by atoms with Crippen LogP contribution >= 0.6 is 0 Å². The standard InChI is InChI=1S/C16H17N5O/c1-10(2)15(22)18-13-6-3-11(4-7-13)12-5-8-14-19-16(17)20-21(14)9-12/h3-10H,1-2H3,(H2,17,20)(H,18,22). The maximum Gasteiger partial charge on any atom is 0.240 e. The lowest BCUT2D eigenvalue weighted by Gasteiger charge is -2.08. The highest BCUT2D eigenvalue weighted by molar-refractivity contribution is 5.92. The van der Waals surface area contributed by atoms with Crippen molar-refractivity contribution in [3.8, 4) is 11.1 Å². The lowest BCUT2D eigenvalue weighted by molar-refractivity contribution is -0.118. The van der Waals surface area contributed by atoms with Gasteiger partial charge in [-0.3, -0.25) is 4.79 Å². The van der Waals surface area contributed by atoms with Crippen LogP contribution in [0.4, 0.5) is 11.6 Å². The largest absolute Gasteiger partial charge is 0.366 e. The van der Waals surface area contributed by atoms with Gasteiger partial charge in [0.05, 0.1) is 0 Å². The maximum absolute atomic E-state index is 11.7. The summed E-state index contributed by atoms with van der Waals surface area (Å²) in [6, 6.07) is 11.5. The van der Waals surface area contributed by atoms with Crippen LogP contribution in [0.5, 0.6) is 0 Å². The van der Waals surface area contributed by atoms with Crippen molar-refractivity contribution in [2.24, 2.45) is 5.92 Å². The van der Waals surface area contributed by atoms with Crippen LogP contribution < -0.4 is 11.1 Å². The number of carbonyl (C=O) groups is 1. The first kappa shape index (κ1) is 14.1. The molecule has 0 saturated heterocycles. The molecule has 1 aromatic carbocycles. The number of hydrogen-bond donors (Lipinski definition) is 2. The Kier molecular flexibility index (Phi) is 3.50. The van der Waals surface area contributed by atoms with E-state index in [0.717, 1.165) is 16.8 Å². The molecule has 0 spiro atoms. The number of fused-ring (bicyclic) bond motifs is 1. The minimum Gasteiger partial charge on any atom is -0.366 e. The number of aromatic nitrogens is 3. The summed E-state index contributed by atoms with van der Waals surface area (Å²) in [4.78, 5) is 15.8. The summed E-state index contributed by atoms with van der Waals surface area (Å²) in [5.41, 5.74) is 9.11. The van der Waals surface area contributed by atoms with Crippen molar-refractivity contribution in [2.75, 3.05) is 11.1 Å². The molecule has 3 rings (SSSR count). The van der Waals surface area contributed by atoms with Gasteiger partial charge in [0, 0.05) is 23.4 Å². The van der Waals surface area contributed by atoms with Gasteiger partial charge in [-0.15, -0.1) is 5.10 Å². The molecule has 22 heavy (non-hydrogen) atoms. The third kappa shape index (κ3) is 2.76. The van der Waals surface area contributed by atoms with Gasteiger partial charge in [-0.1, -0.05) is 26.0 Å². The molecule has 0 radical (unpaired) electrons. The van der Waals surface area contributed by atoms with Crippen molar-refractivity contribution in [1.82, 2.24) is 14.6 Å². The van der Waals surface area contributed by atoms with Crippen molar-refractivity contribution in [3.63, 3.8) is 0 Å². The highest BCUT2D eigenvalue weighted by atomic mass is 16.1. The molecular formula is C16H17N5O. The van der Waals surface area contributed by atoms with Crippen LogP contribution in [0, 0.1) is 5.92 Å². The second kappa shape index (κ2) is 5.48. The minimum absolute atomic E-state index is 0.00672. The van der Waals surface area contributed by atoms with Crippen LogP contribution in [0.1, 0.15) is 13.8 Å². The number of nitrogens with one attached hydrogen (secondary N) is 1. The molecule has 6 nitrogen and oxygen atoms in total. The summed E-state index contributed by atoms with van der Waals surface area (Å²) in [5.74, 6) is 0.219. The fraction of sp³-hybridized carbons (Fsp3) is 0.188. The van der Waals surface area contributed by atoms with Gasteiger partial charge < -0.3 is 11.1 Å². The molecule has 2 aromatic heterocycles. The van der Waals surface area contributed by atoms with Gasteiger partial charge in [-0.25, -0.2) is 4.52 Å². The quantitative estimate of drug-likeness (QED) is 0.777. The molecule has 0 aliphatic heterocycles. The summed E-state index contributed by atoms with van der Waals surface area (Å²) in [6.07, 6.45) is 1.88. The summed E-state index contributed by atoms with van der Waals surface area (Å²) in [6.45, 7) is 3.73. The van der Waals surface area contributed by atoms with Gasteiger partial charge in [0.25, 0.3) is 0 Å². The first-order valence-electron chi connectivity index (χ1n) is 7.06. The maximum atomic E-state index is 11.7. The summed E-state index contributed by atoms with van der Waals surface area (Å²) in [5, 5.41) is 6.97. The number of rotatable bonds is 3. The molecule has 0 fully saturated rings. The molecule has 3 N–H and O–H groups in total. The Balaban J connectivity index is 1.86. The van der Waals surface area contributed by atoms with E-state index in [1.165, 1.54) is 0 Å². The van der Waals surface area contributed by atoms with E-state index in [2.05, 4.69) is 15.4 Å². The van der Waals surface area contributed by atoms with Crippen LogP contribution in [-0.4, -0.2) is 20.5 Å². The minimum atomic E-state index is -0.0418. The second-order valence-electron chi connectivity index (χ2n) is 5.41. The Morgan fingerprint density at radius 2 is 1.82 bits per heavy atom. The van der Waals surface area contributed by atoms with Crippen LogP contribution in [0.2, 0.25) is 0 Å². The predicted molar refractivity (Wildman–Crippen MR) is 86.3 cm³/mol. The van der Waals surface area contributed by atoms with Gasteiger partial charge in [0.1, 0.15) is 0 Å². The molecular weight excluding hydrogens is 278 g/mol. The molecule has 0 bridgehead atoms. The van der Waals surface area contributed by atoms with Gasteiger partial charge in [-0.05, 0) is 29.8 Å². The Bertz CT molecular complexity index is 820. The van der Waals surface area contributed by atoms with E-state index in [0.29, 0.717) is 5.65 Å². The van der Waals surface area contributed by atoms with Crippen LogP contribution in [0.25, 0.3) is 16.8 Å². The predicted octanol–water partition coefficient (Wildman–Crippen LogP) is 2.57. The zero-order valence-electron chi connectivity index (χ0n) is 12.4. The van der Waals surface area contributed by atoms with E-state index >= 15 is 0 Å². The number of nitrogen functional groups attached to an aromatic ring is 1. The number of hydrogen-bond acceptors (Lipinski definition) is 4. The van der Waals surface area contributed by atoms with Gasteiger partial charge in [-0.2, -0.15) is 4.98 Å². The molecule has 0 saturated carbocycles. The molecule has 1 amide bonds. The smallest absolute Gasteiger partial charge is 0.240 e. The molecule has 0 aliphatic rings. The van der Waals surface area contributed by atoms with Crippen molar-refractivity contribution >= 4 is 23.2 Å². The monoisotopic (exact) mass is 295 g/mol. The number of anilines is 2. The fourth-order valence-corrected chi connectivity index (χ4v) is 2.10. The van der Waals surface area contributed by atoms with E-state index in [4.69, 9.17) is 5.73 Å². The van der Waals surface area contributed by atoms with Crippen molar-refractivity contribution in [3.05, 3.63) is 42.6 Å². The van der Waals surface area contributed by atoms with E-state index in [1.807, 2.05) is 56.4 Å². The van der Waals surface area contributed by atoms with E-state index in [9.17, 15) is 4.79 Å². The van der Waals surface area contributed by atoms with Crippen LogP contribution in [0.15, 0.2) is 42.6 Å². The Labute approximate surface area is 128 Å². The number of amides is 1. The number of nitrogens with zero attached hydrogens (tertiary/aromatic N) is 3. The Hall–Kier alpha value is -2.89. The Morgan fingerprint density at radius 3 is 2.50 bits per heavy atom. The highest BCUT2D eigenvalue weighted by Crippen LogP contribution is 2.22. The first-order chi connectivity index (χ1) is 10.5. The topological polar surface area (TPSA) is 85.3 Å². The molecule has 6 heteroatoms. The van der Waals surface area contributed by atoms with Gasteiger partial charge in [0.15, 0.2) is 5.65 Å². The molecule has 0 unspecified atom stereocenters. The normalized spacial score (nSPS) is 11.0. The molecule has 3 aromatic rings. The average Bonchev–Trinajstić information content (AvgIpc) is 2.87. The number of carbonyl (C=O) groups excluding carboxylic acids is 1. The van der Waals surface area contributed by atoms with E-state index in [1.54, 1.807) is 4.52 Å². The van der Waals surface area contributed by atoms with E-state index in [-0.39, 0.29) is 17.8 Å². The van der Waals surface area contributed by atoms with Crippen LogP contribution in [0.3, 0.4) is 0 Å². The average molecular weight is 295 g/mol. The van der Waals surface area contributed by atoms with Crippen molar-refractivity contribution in [1.29, 1.82) is 0 Å². The number of pyridine rings is 1. The molecule has 2 heterocycles. The molecule has 112 valence electrons. The lowest BCUT2D eigenvalue weighted by atomic mass is 10.1. The van der Waals surface area contributed by atoms with Gasteiger partial charge in [0.2, 0.25) is 11.9 Å². The third-order valence-corrected chi connectivity index (χ3v) is 3.36. The lowest BCUT2D eigenvalue weighted by Crippen LogP contribution is -2.17. The summed E-state index contributed by atoms with van der Waals surface area (Å²) in [7, 11) is 0. The fourth-order valence-electron chi connectivity index (χ4n) is 2.10. The number of benzene rings is 1.